The van der Waals surface area contributed by atoms with Crippen LogP contribution >= 0.6 is 0 Å². The van der Waals surface area contributed by atoms with E-state index in [1.54, 1.807) is 12.1 Å². The molecule has 0 fully saturated rings. The van der Waals surface area contributed by atoms with E-state index in [1.165, 1.54) is 18.4 Å². The fraction of sp³-hybridized carbons (Fsp3) is 0.0870. The van der Waals surface area contributed by atoms with Crippen LogP contribution in [0.25, 0.3) is 11.3 Å². The van der Waals surface area contributed by atoms with Crippen molar-refractivity contribution in [2.24, 2.45) is 0 Å². The van der Waals surface area contributed by atoms with Crippen molar-refractivity contribution in [2.75, 3.05) is 6.26 Å². The van der Waals surface area contributed by atoms with Gasteiger partial charge in [0, 0.05) is 18.0 Å². The molecule has 1 heterocycles. The average molecular weight is 420 g/mol. The Morgan fingerprint density at radius 1 is 0.833 bits per heavy atom. The summed E-state index contributed by atoms with van der Waals surface area (Å²) in [6.45, 7) is 0.356. The molecule has 0 aliphatic carbocycles. The molecule has 3 aromatic carbocycles. The number of aromatic amines is 1. The molecular formula is C23H20N2O4S. The van der Waals surface area contributed by atoms with E-state index in [9.17, 15) is 8.42 Å². The minimum Gasteiger partial charge on any atom is -0.486 e. The summed E-state index contributed by atoms with van der Waals surface area (Å²) < 4.78 is 34.6. The number of rotatable bonds is 7. The first-order chi connectivity index (χ1) is 14.5. The normalized spacial score (nSPS) is 11.2. The Hall–Kier alpha value is -3.58. The summed E-state index contributed by atoms with van der Waals surface area (Å²) in [5.41, 5.74) is 1.75. The van der Waals surface area contributed by atoms with Crippen molar-refractivity contribution >= 4 is 9.84 Å². The lowest BCUT2D eigenvalue weighted by Crippen LogP contribution is -1.97. The molecule has 0 amide bonds. The number of sulfone groups is 1. The van der Waals surface area contributed by atoms with Gasteiger partial charge in [0.15, 0.2) is 9.84 Å². The molecule has 0 aliphatic heterocycles. The predicted octanol–water partition coefficient (Wildman–Crippen LogP) is 4.85. The van der Waals surface area contributed by atoms with Crippen molar-refractivity contribution in [1.29, 1.82) is 0 Å². The molecule has 0 saturated carbocycles. The van der Waals surface area contributed by atoms with Crippen molar-refractivity contribution in [3.63, 3.8) is 0 Å². The zero-order valence-electron chi connectivity index (χ0n) is 16.3. The number of H-pyrrole nitrogens is 1. The van der Waals surface area contributed by atoms with Crippen LogP contribution in [0.3, 0.4) is 0 Å². The van der Waals surface area contributed by atoms with Gasteiger partial charge in [0.05, 0.1) is 10.6 Å². The third-order valence-electron chi connectivity index (χ3n) is 4.39. The van der Waals surface area contributed by atoms with Gasteiger partial charge in [-0.2, -0.15) is 0 Å². The van der Waals surface area contributed by atoms with Crippen LogP contribution in [-0.4, -0.2) is 24.6 Å². The highest BCUT2D eigenvalue weighted by Gasteiger charge is 2.08. The van der Waals surface area contributed by atoms with Crippen molar-refractivity contribution < 1.29 is 17.9 Å². The van der Waals surface area contributed by atoms with Crippen LogP contribution in [0, 0.1) is 0 Å². The Labute approximate surface area is 175 Å². The SMILES string of the molecule is CS(=O)(=O)c1ccc(Oc2ccc(-c3c[nH]c(COc4ccccc4)n3)cc2)cc1. The monoisotopic (exact) mass is 420 g/mol. The first kappa shape index (κ1) is 19.7. The van der Waals surface area contributed by atoms with Gasteiger partial charge in [-0.15, -0.1) is 0 Å². The third kappa shape index (κ3) is 4.87. The molecule has 6 nitrogen and oxygen atoms in total. The number of ether oxygens (including phenoxy) is 2. The highest BCUT2D eigenvalue weighted by atomic mass is 32.2. The lowest BCUT2D eigenvalue weighted by atomic mass is 10.1. The van der Waals surface area contributed by atoms with E-state index in [0.717, 1.165) is 22.8 Å². The second kappa shape index (κ2) is 8.42. The second-order valence-electron chi connectivity index (χ2n) is 6.70. The third-order valence-corrected chi connectivity index (χ3v) is 5.52. The summed E-state index contributed by atoms with van der Waals surface area (Å²) in [4.78, 5) is 7.95. The molecule has 4 rings (SSSR count). The van der Waals surface area contributed by atoms with Crippen LogP contribution in [0.15, 0.2) is 90.0 Å². The van der Waals surface area contributed by atoms with Crippen LogP contribution < -0.4 is 9.47 Å². The molecule has 30 heavy (non-hydrogen) atoms. The minimum atomic E-state index is -3.22. The summed E-state index contributed by atoms with van der Waals surface area (Å²) in [7, 11) is -3.22. The smallest absolute Gasteiger partial charge is 0.175 e. The maximum Gasteiger partial charge on any atom is 0.175 e. The average Bonchev–Trinajstić information content (AvgIpc) is 3.22. The van der Waals surface area contributed by atoms with Gasteiger partial charge < -0.3 is 14.5 Å². The fourth-order valence-electron chi connectivity index (χ4n) is 2.84. The van der Waals surface area contributed by atoms with Crippen LogP contribution in [-0.2, 0) is 16.4 Å². The molecule has 1 N–H and O–H groups in total. The molecule has 7 heteroatoms. The molecule has 0 spiro atoms. The second-order valence-corrected chi connectivity index (χ2v) is 8.72. The Morgan fingerprint density at radius 3 is 2.10 bits per heavy atom. The van der Waals surface area contributed by atoms with E-state index in [2.05, 4.69) is 9.97 Å². The zero-order chi connectivity index (χ0) is 21.0. The van der Waals surface area contributed by atoms with Gasteiger partial charge in [0.1, 0.15) is 29.7 Å². The van der Waals surface area contributed by atoms with Crippen LogP contribution in [0.1, 0.15) is 5.82 Å². The Kier molecular flexibility index (Phi) is 5.54. The standard InChI is InChI=1S/C23H20N2O4S/c1-30(26,27)21-13-11-20(12-14-21)29-19-9-7-17(8-10-19)22-15-24-23(25-22)16-28-18-5-3-2-4-6-18/h2-15H,16H2,1H3,(H,24,25). The maximum absolute atomic E-state index is 11.5. The van der Waals surface area contributed by atoms with Crippen LogP contribution in [0.5, 0.6) is 17.2 Å². The maximum atomic E-state index is 11.5. The lowest BCUT2D eigenvalue weighted by molar-refractivity contribution is 0.297. The molecule has 0 saturated heterocycles. The minimum absolute atomic E-state index is 0.260. The highest BCUT2D eigenvalue weighted by molar-refractivity contribution is 7.90. The van der Waals surface area contributed by atoms with Gasteiger partial charge in [0.2, 0.25) is 0 Å². The Bertz CT molecular complexity index is 1220. The highest BCUT2D eigenvalue weighted by Crippen LogP contribution is 2.26. The van der Waals surface area contributed by atoms with E-state index in [0.29, 0.717) is 18.1 Å². The molecule has 1 aromatic heterocycles. The number of nitrogens with zero attached hydrogens (tertiary/aromatic N) is 1. The molecule has 0 atom stereocenters. The van der Waals surface area contributed by atoms with Crippen molar-refractivity contribution in [3.8, 4) is 28.5 Å². The largest absolute Gasteiger partial charge is 0.486 e. The van der Waals surface area contributed by atoms with E-state index in [-0.39, 0.29) is 4.90 Å². The molecule has 0 radical (unpaired) electrons. The first-order valence-electron chi connectivity index (χ1n) is 9.28. The van der Waals surface area contributed by atoms with Gasteiger partial charge in [-0.1, -0.05) is 18.2 Å². The fourth-order valence-corrected chi connectivity index (χ4v) is 3.47. The van der Waals surface area contributed by atoms with Crippen molar-refractivity contribution in [3.05, 3.63) is 90.9 Å². The van der Waals surface area contributed by atoms with Gasteiger partial charge >= 0.3 is 0 Å². The molecule has 4 aromatic rings. The molecule has 0 bridgehead atoms. The Balaban J connectivity index is 1.39. The first-order valence-corrected chi connectivity index (χ1v) is 11.2. The number of imidazole rings is 1. The molecule has 0 aliphatic rings. The molecular weight excluding hydrogens is 400 g/mol. The van der Waals surface area contributed by atoms with Gasteiger partial charge in [-0.25, -0.2) is 13.4 Å². The summed E-state index contributed by atoms with van der Waals surface area (Å²) in [5.74, 6) is 2.74. The van der Waals surface area contributed by atoms with Gasteiger partial charge in [0.25, 0.3) is 0 Å². The topological polar surface area (TPSA) is 81.3 Å². The molecule has 0 unspecified atom stereocenters. The summed E-state index contributed by atoms with van der Waals surface area (Å²) >= 11 is 0. The Morgan fingerprint density at radius 2 is 1.47 bits per heavy atom. The van der Waals surface area contributed by atoms with E-state index in [1.807, 2.05) is 60.8 Å². The number of hydrogen-bond donors (Lipinski definition) is 1. The van der Waals surface area contributed by atoms with Crippen LogP contribution in [0.4, 0.5) is 0 Å². The van der Waals surface area contributed by atoms with Crippen molar-refractivity contribution in [2.45, 2.75) is 11.5 Å². The van der Waals surface area contributed by atoms with E-state index in [4.69, 9.17) is 9.47 Å². The number of hydrogen-bond acceptors (Lipinski definition) is 5. The molecule has 152 valence electrons. The predicted molar refractivity (Wildman–Crippen MR) is 114 cm³/mol. The summed E-state index contributed by atoms with van der Waals surface area (Å²) in [6, 6.07) is 23.4. The summed E-state index contributed by atoms with van der Waals surface area (Å²) in [6.07, 6.45) is 3.01. The van der Waals surface area contributed by atoms with Crippen molar-refractivity contribution in [1.82, 2.24) is 9.97 Å². The van der Waals surface area contributed by atoms with Gasteiger partial charge in [-0.3, -0.25) is 0 Å². The quantitative estimate of drug-likeness (QED) is 0.462. The van der Waals surface area contributed by atoms with E-state index < -0.39 is 9.84 Å². The zero-order valence-corrected chi connectivity index (χ0v) is 17.1. The number of nitrogens with one attached hydrogen (secondary N) is 1. The number of aromatic nitrogens is 2. The van der Waals surface area contributed by atoms with Crippen LogP contribution in [0.2, 0.25) is 0 Å². The van der Waals surface area contributed by atoms with Gasteiger partial charge in [-0.05, 0) is 60.7 Å². The summed E-state index contributed by atoms with van der Waals surface area (Å²) in [5, 5.41) is 0. The number of benzene rings is 3. The lowest BCUT2D eigenvalue weighted by Gasteiger charge is -2.07. The number of para-hydroxylation sites is 1. The van der Waals surface area contributed by atoms with E-state index >= 15 is 0 Å².